The zero-order valence-electron chi connectivity index (χ0n) is 19.0. The number of nitrogens with one attached hydrogen (secondary N) is 1. The third-order valence-corrected chi connectivity index (χ3v) is 6.39. The number of urea groups is 1. The van der Waals surface area contributed by atoms with Gasteiger partial charge in [0.1, 0.15) is 23.7 Å². The fraction of sp³-hybridized carbons (Fsp3) is 0.0357. The van der Waals surface area contributed by atoms with Gasteiger partial charge in [-0.1, -0.05) is 59.6 Å². The number of rotatable bonds is 5. The first-order valence-corrected chi connectivity index (χ1v) is 11.8. The van der Waals surface area contributed by atoms with E-state index in [2.05, 4.69) is 5.32 Å². The van der Waals surface area contributed by atoms with Crippen molar-refractivity contribution in [2.45, 2.75) is 6.61 Å². The van der Waals surface area contributed by atoms with E-state index in [-0.39, 0.29) is 17.9 Å². The number of anilines is 1. The second-order valence-corrected chi connectivity index (χ2v) is 9.00. The SMILES string of the molecule is O=C1NC(=O)N(c2ccc(F)cc2)C(=O)/C1=C/c1c(OCc2ccc(Cl)cc2Cl)ccc2ccccc12. The van der Waals surface area contributed by atoms with Crippen LogP contribution in [0, 0.1) is 5.82 Å². The van der Waals surface area contributed by atoms with Gasteiger partial charge >= 0.3 is 6.03 Å². The van der Waals surface area contributed by atoms with Crippen molar-refractivity contribution in [3.8, 4) is 5.75 Å². The summed E-state index contributed by atoms with van der Waals surface area (Å²) < 4.78 is 19.5. The van der Waals surface area contributed by atoms with Gasteiger partial charge in [0, 0.05) is 21.2 Å². The van der Waals surface area contributed by atoms with E-state index in [1.54, 1.807) is 24.3 Å². The number of amides is 4. The highest BCUT2D eigenvalue weighted by atomic mass is 35.5. The minimum Gasteiger partial charge on any atom is -0.488 e. The van der Waals surface area contributed by atoms with E-state index in [0.717, 1.165) is 27.8 Å². The maximum absolute atomic E-state index is 13.4. The lowest BCUT2D eigenvalue weighted by molar-refractivity contribution is -0.122. The molecule has 0 radical (unpaired) electrons. The molecule has 1 saturated heterocycles. The number of carbonyl (C=O) groups excluding carboxylic acids is 3. The second kappa shape index (κ2) is 10.0. The molecular formula is C28H17Cl2FN2O4. The Balaban J connectivity index is 1.58. The van der Waals surface area contributed by atoms with Crippen LogP contribution in [0.25, 0.3) is 16.8 Å². The Morgan fingerprint density at radius 2 is 1.68 bits per heavy atom. The van der Waals surface area contributed by atoms with Crippen molar-refractivity contribution in [3.63, 3.8) is 0 Å². The van der Waals surface area contributed by atoms with Gasteiger partial charge in [0.25, 0.3) is 11.8 Å². The third kappa shape index (κ3) is 4.91. The van der Waals surface area contributed by atoms with Crippen molar-refractivity contribution in [3.05, 3.63) is 111 Å². The van der Waals surface area contributed by atoms with Gasteiger partial charge in [0.15, 0.2) is 0 Å². The number of barbiturate groups is 1. The molecule has 1 fully saturated rings. The molecule has 6 nitrogen and oxygen atoms in total. The van der Waals surface area contributed by atoms with Crippen LogP contribution in [0.3, 0.4) is 0 Å². The van der Waals surface area contributed by atoms with Crippen LogP contribution in [-0.2, 0) is 16.2 Å². The number of benzene rings is 4. The number of hydrogen-bond donors (Lipinski definition) is 1. The topological polar surface area (TPSA) is 75.7 Å². The summed E-state index contributed by atoms with van der Waals surface area (Å²) in [4.78, 5) is 39.4. The quantitative estimate of drug-likeness (QED) is 0.233. The molecule has 184 valence electrons. The van der Waals surface area contributed by atoms with E-state index in [1.165, 1.54) is 18.2 Å². The van der Waals surface area contributed by atoms with Crippen molar-refractivity contribution in [1.82, 2.24) is 5.32 Å². The molecule has 4 aromatic rings. The number of halogens is 3. The number of imide groups is 2. The van der Waals surface area contributed by atoms with Crippen molar-refractivity contribution >= 4 is 63.6 Å². The Hall–Kier alpha value is -4.20. The molecule has 4 aromatic carbocycles. The molecule has 37 heavy (non-hydrogen) atoms. The Bertz CT molecular complexity index is 1600. The minimum absolute atomic E-state index is 0.102. The van der Waals surface area contributed by atoms with Crippen molar-refractivity contribution in [1.29, 1.82) is 0 Å². The Morgan fingerprint density at radius 1 is 0.919 bits per heavy atom. The highest BCUT2D eigenvalue weighted by molar-refractivity contribution is 6.39. The molecule has 1 N–H and O–H groups in total. The molecule has 1 aliphatic rings. The van der Waals surface area contributed by atoms with E-state index in [4.69, 9.17) is 27.9 Å². The molecule has 0 spiro atoms. The molecule has 9 heteroatoms. The summed E-state index contributed by atoms with van der Waals surface area (Å²) in [6.45, 7) is 0.102. The monoisotopic (exact) mass is 534 g/mol. The summed E-state index contributed by atoms with van der Waals surface area (Å²) in [5.74, 6) is -1.84. The molecule has 0 aliphatic carbocycles. The van der Waals surface area contributed by atoms with Crippen molar-refractivity contribution < 1.29 is 23.5 Å². The summed E-state index contributed by atoms with van der Waals surface area (Å²) in [6.07, 6.45) is 1.39. The van der Waals surface area contributed by atoms with Crippen LogP contribution in [-0.4, -0.2) is 17.8 Å². The van der Waals surface area contributed by atoms with Crippen molar-refractivity contribution in [2.75, 3.05) is 4.90 Å². The van der Waals surface area contributed by atoms with Gasteiger partial charge in [-0.15, -0.1) is 0 Å². The lowest BCUT2D eigenvalue weighted by atomic mass is 9.99. The van der Waals surface area contributed by atoms with Crippen LogP contribution in [0.2, 0.25) is 10.0 Å². The average Bonchev–Trinajstić information content (AvgIpc) is 2.87. The molecule has 0 bridgehead atoms. The van der Waals surface area contributed by atoms with Crippen LogP contribution in [0.4, 0.5) is 14.9 Å². The predicted molar refractivity (Wildman–Crippen MR) is 140 cm³/mol. The van der Waals surface area contributed by atoms with Gasteiger partial charge in [-0.25, -0.2) is 14.1 Å². The van der Waals surface area contributed by atoms with E-state index in [9.17, 15) is 18.8 Å². The van der Waals surface area contributed by atoms with Gasteiger partial charge in [0.2, 0.25) is 0 Å². The first-order valence-electron chi connectivity index (χ1n) is 11.1. The lowest BCUT2D eigenvalue weighted by Gasteiger charge is -2.26. The molecule has 1 heterocycles. The van der Waals surface area contributed by atoms with Crippen LogP contribution < -0.4 is 15.0 Å². The zero-order valence-corrected chi connectivity index (χ0v) is 20.5. The summed E-state index contributed by atoms with van der Waals surface area (Å²) in [5.41, 5.74) is 0.996. The van der Waals surface area contributed by atoms with Gasteiger partial charge in [-0.05, 0) is 59.3 Å². The maximum Gasteiger partial charge on any atom is 0.335 e. The molecule has 5 rings (SSSR count). The second-order valence-electron chi connectivity index (χ2n) is 8.16. The molecule has 1 aliphatic heterocycles. The van der Waals surface area contributed by atoms with Gasteiger partial charge in [-0.3, -0.25) is 14.9 Å². The first kappa shape index (κ1) is 24.5. The lowest BCUT2D eigenvalue weighted by Crippen LogP contribution is -2.54. The number of hydrogen-bond acceptors (Lipinski definition) is 4. The molecular weight excluding hydrogens is 518 g/mol. The summed E-state index contributed by atoms with van der Waals surface area (Å²) in [6, 6.07) is 19.9. The number of nitrogens with zero attached hydrogens (tertiary/aromatic N) is 1. The summed E-state index contributed by atoms with van der Waals surface area (Å²) in [5, 5.41) is 4.67. The predicted octanol–water partition coefficient (Wildman–Crippen LogP) is 6.53. The normalized spacial score (nSPS) is 14.8. The van der Waals surface area contributed by atoms with E-state index in [0.29, 0.717) is 26.9 Å². The third-order valence-electron chi connectivity index (χ3n) is 5.80. The summed E-state index contributed by atoms with van der Waals surface area (Å²) in [7, 11) is 0. The van der Waals surface area contributed by atoms with Gasteiger partial charge in [0.05, 0.1) is 5.69 Å². The van der Waals surface area contributed by atoms with Crippen LogP contribution >= 0.6 is 23.2 Å². The van der Waals surface area contributed by atoms with Crippen molar-refractivity contribution in [2.24, 2.45) is 0 Å². The fourth-order valence-corrected chi connectivity index (χ4v) is 4.43. The standard InChI is InChI=1S/C28H17Cl2FN2O4/c29-18-7-5-17(24(30)13-18)15-37-25-12-6-16-3-1-2-4-21(16)22(25)14-23-26(34)32-28(36)33(27(23)35)20-10-8-19(31)9-11-20/h1-14H,15H2,(H,32,34,36)/b23-14+. The van der Waals surface area contributed by atoms with Gasteiger partial charge in [-0.2, -0.15) is 0 Å². The largest absolute Gasteiger partial charge is 0.488 e. The van der Waals surface area contributed by atoms with E-state index in [1.807, 2.05) is 30.3 Å². The molecule has 0 aromatic heterocycles. The summed E-state index contributed by atoms with van der Waals surface area (Å²) >= 11 is 12.3. The Morgan fingerprint density at radius 3 is 2.43 bits per heavy atom. The molecule has 4 amide bonds. The molecule has 0 saturated carbocycles. The Kier molecular flexibility index (Phi) is 6.65. The number of ether oxygens (including phenoxy) is 1. The van der Waals surface area contributed by atoms with E-state index >= 15 is 0 Å². The molecule has 0 atom stereocenters. The van der Waals surface area contributed by atoms with Crippen LogP contribution in [0.1, 0.15) is 11.1 Å². The average molecular weight is 535 g/mol. The maximum atomic E-state index is 13.4. The number of fused-ring (bicyclic) bond motifs is 1. The highest BCUT2D eigenvalue weighted by Gasteiger charge is 2.37. The Labute approximate surface area is 220 Å². The van der Waals surface area contributed by atoms with E-state index < -0.39 is 23.7 Å². The highest BCUT2D eigenvalue weighted by Crippen LogP contribution is 2.33. The smallest absolute Gasteiger partial charge is 0.335 e. The van der Waals surface area contributed by atoms with Crippen LogP contribution in [0.15, 0.2) is 84.4 Å². The minimum atomic E-state index is -0.925. The zero-order chi connectivity index (χ0) is 26.1. The van der Waals surface area contributed by atoms with Crippen LogP contribution in [0.5, 0.6) is 5.75 Å². The fourth-order valence-electron chi connectivity index (χ4n) is 3.97. The number of carbonyl (C=O) groups is 3. The molecule has 0 unspecified atom stereocenters. The first-order chi connectivity index (χ1) is 17.8. The van der Waals surface area contributed by atoms with Gasteiger partial charge < -0.3 is 4.74 Å².